The molecule has 176 valence electrons. The van der Waals surface area contributed by atoms with E-state index in [4.69, 9.17) is 0 Å². The fraction of sp³-hybridized carbons (Fsp3) is 0.500. The van der Waals surface area contributed by atoms with E-state index >= 15 is 0 Å². The summed E-state index contributed by atoms with van der Waals surface area (Å²) in [5.41, 5.74) is 5.63. The molecule has 2 fully saturated rings. The van der Waals surface area contributed by atoms with Crippen LogP contribution in [-0.2, 0) is 0 Å². The summed E-state index contributed by atoms with van der Waals surface area (Å²) in [6.45, 7) is 5.05. The second kappa shape index (κ2) is 8.18. The molecule has 4 nitrogen and oxygen atoms in total. The van der Waals surface area contributed by atoms with Crippen molar-refractivity contribution in [1.82, 2.24) is 15.3 Å². The minimum atomic E-state index is 0.00406. The fourth-order valence-electron chi connectivity index (χ4n) is 8.09. The molecule has 0 aliphatic heterocycles. The first-order valence-corrected chi connectivity index (χ1v) is 13.0. The van der Waals surface area contributed by atoms with Gasteiger partial charge in [0.25, 0.3) is 5.91 Å². The van der Waals surface area contributed by atoms with Gasteiger partial charge in [0.2, 0.25) is 0 Å². The van der Waals surface area contributed by atoms with Crippen molar-refractivity contribution < 1.29 is 4.79 Å². The van der Waals surface area contributed by atoms with E-state index in [1.165, 1.54) is 43.2 Å². The fourth-order valence-corrected chi connectivity index (χ4v) is 8.09. The molecule has 0 saturated heterocycles. The monoisotopic (exact) mass is 453 g/mol. The van der Waals surface area contributed by atoms with Crippen LogP contribution in [0.25, 0.3) is 5.57 Å². The lowest BCUT2D eigenvalue weighted by atomic mass is 9.47. The Hall–Kier alpha value is -2.75. The molecule has 0 spiro atoms. The van der Waals surface area contributed by atoms with Crippen LogP contribution in [-0.4, -0.2) is 21.9 Å². The maximum absolute atomic E-state index is 12.7. The van der Waals surface area contributed by atoms with Crippen LogP contribution in [0, 0.1) is 28.6 Å². The summed E-state index contributed by atoms with van der Waals surface area (Å²) in [4.78, 5) is 21.2. The van der Waals surface area contributed by atoms with E-state index in [9.17, 15) is 4.79 Å². The number of amides is 1. The van der Waals surface area contributed by atoms with E-state index in [-0.39, 0.29) is 22.8 Å². The first-order valence-electron chi connectivity index (χ1n) is 13.0. The third-order valence-corrected chi connectivity index (χ3v) is 9.92. The van der Waals surface area contributed by atoms with Gasteiger partial charge in [-0.25, -0.2) is 0 Å². The Morgan fingerprint density at radius 2 is 1.74 bits per heavy atom. The molecule has 4 aliphatic rings. The standard InChI is InChI=1S/C30H35N3O/c1-29-13-11-23(33-28(34)21-6-4-16-32-19-21)17-22(29)7-8-24-26-10-9-25(20-5-3-15-31-18-20)30(26,2)14-12-27(24)29/h3-7,9,15-16,18-19,23-24,26-27H,8,10-14,17H2,1-2H3,(H,33,34). The lowest BCUT2D eigenvalue weighted by molar-refractivity contribution is -0.0123. The van der Waals surface area contributed by atoms with E-state index in [2.05, 4.69) is 53.4 Å². The molecule has 0 bridgehead atoms. The van der Waals surface area contributed by atoms with Gasteiger partial charge in [-0.05, 0) is 103 Å². The predicted molar refractivity (Wildman–Crippen MR) is 135 cm³/mol. The Kier molecular flexibility index (Phi) is 5.24. The molecule has 2 saturated carbocycles. The zero-order valence-corrected chi connectivity index (χ0v) is 20.3. The zero-order valence-electron chi connectivity index (χ0n) is 20.3. The molecule has 2 aromatic heterocycles. The van der Waals surface area contributed by atoms with E-state index in [1.54, 1.807) is 18.0 Å². The highest BCUT2D eigenvalue weighted by molar-refractivity contribution is 5.94. The topological polar surface area (TPSA) is 54.9 Å². The highest BCUT2D eigenvalue weighted by Gasteiger charge is 2.56. The molecule has 0 aromatic carbocycles. The molecule has 2 aromatic rings. The van der Waals surface area contributed by atoms with Crippen LogP contribution in [0.5, 0.6) is 0 Å². The normalized spacial score (nSPS) is 36.4. The third kappa shape index (κ3) is 3.37. The minimum absolute atomic E-state index is 0.00406. The van der Waals surface area contributed by atoms with Crippen molar-refractivity contribution >= 4 is 11.5 Å². The second-order valence-corrected chi connectivity index (χ2v) is 11.5. The van der Waals surface area contributed by atoms with Crippen LogP contribution < -0.4 is 5.32 Å². The van der Waals surface area contributed by atoms with Crippen LogP contribution in [0.3, 0.4) is 0 Å². The third-order valence-electron chi connectivity index (χ3n) is 9.92. The van der Waals surface area contributed by atoms with E-state index < -0.39 is 0 Å². The van der Waals surface area contributed by atoms with Gasteiger partial charge in [-0.15, -0.1) is 0 Å². The Morgan fingerprint density at radius 3 is 2.50 bits per heavy atom. The molecule has 4 heteroatoms. The number of hydrogen-bond acceptors (Lipinski definition) is 3. The number of nitrogens with zero attached hydrogens (tertiary/aromatic N) is 2. The summed E-state index contributed by atoms with van der Waals surface area (Å²) in [7, 11) is 0. The van der Waals surface area contributed by atoms with Gasteiger partial charge in [0.1, 0.15) is 0 Å². The van der Waals surface area contributed by atoms with Crippen molar-refractivity contribution in [2.45, 2.75) is 64.8 Å². The van der Waals surface area contributed by atoms with Crippen LogP contribution in [0.15, 0.2) is 66.8 Å². The molecule has 6 unspecified atom stereocenters. The van der Waals surface area contributed by atoms with E-state index in [1.807, 2.05) is 24.5 Å². The average molecular weight is 454 g/mol. The minimum Gasteiger partial charge on any atom is -0.349 e. The summed E-state index contributed by atoms with van der Waals surface area (Å²) in [5.74, 6) is 2.23. The number of allylic oxidation sites excluding steroid dienone is 3. The lowest BCUT2D eigenvalue weighted by Crippen LogP contribution is -2.51. The van der Waals surface area contributed by atoms with Crippen LogP contribution in [0.1, 0.15) is 74.7 Å². The molecule has 6 rings (SSSR count). The molecule has 1 N–H and O–H groups in total. The summed E-state index contributed by atoms with van der Waals surface area (Å²) >= 11 is 0. The summed E-state index contributed by atoms with van der Waals surface area (Å²) in [6, 6.07) is 8.20. The molecule has 4 aliphatic carbocycles. The van der Waals surface area contributed by atoms with Crippen LogP contribution >= 0.6 is 0 Å². The second-order valence-electron chi connectivity index (χ2n) is 11.5. The Bertz CT molecular complexity index is 1140. The van der Waals surface area contributed by atoms with Gasteiger partial charge in [0, 0.05) is 30.8 Å². The molecule has 2 heterocycles. The number of pyridine rings is 2. The number of fused-ring (bicyclic) bond motifs is 5. The number of rotatable bonds is 3. The zero-order chi connectivity index (χ0) is 23.3. The van der Waals surface area contributed by atoms with Gasteiger partial charge >= 0.3 is 0 Å². The molecule has 34 heavy (non-hydrogen) atoms. The van der Waals surface area contributed by atoms with Gasteiger partial charge in [-0.1, -0.05) is 37.6 Å². The van der Waals surface area contributed by atoms with Gasteiger partial charge in [0.15, 0.2) is 0 Å². The van der Waals surface area contributed by atoms with Crippen LogP contribution in [0.4, 0.5) is 0 Å². The highest BCUT2D eigenvalue weighted by Crippen LogP contribution is 2.66. The predicted octanol–water partition coefficient (Wildman–Crippen LogP) is 6.23. The summed E-state index contributed by atoms with van der Waals surface area (Å²) < 4.78 is 0. The van der Waals surface area contributed by atoms with Gasteiger partial charge in [-0.3, -0.25) is 14.8 Å². The van der Waals surface area contributed by atoms with Crippen molar-refractivity contribution in [2.24, 2.45) is 28.6 Å². The number of carbonyl (C=O) groups is 1. The first-order chi connectivity index (χ1) is 16.5. The Morgan fingerprint density at radius 1 is 0.941 bits per heavy atom. The Balaban J connectivity index is 1.20. The highest BCUT2D eigenvalue weighted by atomic mass is 16.1. The molecule has 6 atom stereocenters. The molecule has 1 amide bonds. The number of aromatic nitrogens is 2. The van der Waals surface area contributed by atoms with Crippen molar-refractivity contribution in [3.05, 3.63) is 77.9 Å². The number of carbonyl (C=O) groups excluding carboxylic acids is 1. The first kappa shape index (κ1) is 21.8. The quantitative estimate of drug-likeness (QED) is 0.560. The average Bonchev–Trinajstić information content (AvgIpc) is 3.22. The van der Waals surface area contributed by atoms with Crippen molar-refractivity contribution in [3.8, 4) is 0 Å². The SMILES string of the molecule is CC12CCC(NC(=O)c3cccnc3)CC1=CCC1C2CCC2(C)C(c3cccnc3)=CCC12. The van der Waals surface area contributed by atoms with Crippen molar-refractivity contribution in [1.29, 1.82) is 0 Å². The van der Waals surface area contributed by atoms with Crippen molar-refractivity contribution in [3.63, 3.8) is 0 Å². The maximum Gasteiger partial charge on any atom is 0.253 e. The maximum atomic E-state index is 12.7. The van der Waals surface area contributed by atoms with E-state index in [0.29, 0.717) is 5.56 Å². The summed E-state index contributed by atoms with van der Waals surface area (Å²) in [5, 5.41) is 3.29. The summed E-state index contributed by atoms with van der Waals surface area (Å²) in [6.07, 6.45) is 20.6. The van der Waals surface area contributed by atoms with Gasteiger partial charge in [0.05, 0.1) is 5.56 Å². The smallest absolute Gasteiger partial charge is 0.253 e. The molecular weight excluding hydrogens is 418 g/mol. The van der Waals surface area contributed by atoms with E-state index in [0.717, 1.165) is 30.6 Å². The molecule has 0 radical (unpaired) electrons. The Labute approximate surface area is 203 Å². The van der Waals surface area contributed by atoms with Gasteiger partial charge in [-0.2, -0.15) is 0 Å². The lowest BCUT2D eigenvalue weighted by Gasteiger charge is -2.58. The van der Waals surface area contributed by atoms with Gasteiger partial charge < -0.3 is 5.32 Å². The number of nitrogens with one attached hydrogen (secondary N) is 1. The number of hydrogen-bond donors (Lipinski definition) is 1. The van der Waals surface area contributed by atoms with Crippen molar-refractivity contribution in [2.75, 3.05) is 0 Å². The molecular formula is C30H35N3O. The van der Waals surface area contributed by atoms with Crippen LogP contribution in [0.2, 0.25) is 0 Å². The largest absolute Gasteiger partial charge is 0.349 e.